The Balaban J connectivity index is 2.09. The molecule has 5 nitrogen and oxygen atoms in total. The van der Waals surface area contributed by atoms with Crippen molar-refractivity contribution in [2.45, 2.75) is 77.9 Å². The van der Waals surface area contributed by atoms with Gasteiger partial charge in [0.15, 0.2) is 0 Å². The van der Waals surface area contributed by atoms with Crippen molar-refractivity contribution in [3.05, 3.63) is 28.5 Å². The lowest BCUT2D eigenvalue weighted by atomic mass is 9.81. The molecular weight excluding hydrogens is 410 g/mol. The summed E-state index contributed by atoms with van der Waals surface area (Å²) in [5.74, 6) is 5.36. The van der Waals surface area contributed by atoms with Gasteiger partial charge >= 0.3 is 5.97 Å². The first-order valence-corrected chi connectivity index (χ1v) is 11.9. The van der Waals surface area contributed by atoms with Crippen molar-refractivity contribution in [1.82, 2.24) is 0 Å². The molecule has 31 heavy (non-hydrogen) atoms. The number of anilines is 1. The van der Waals surface area contributed by atoms with Crippen LogP contribution in [0.1, 0.15) is 80.8 Å². The van der Waals surface area contributed by atoms with E-state index in [4.69, 9.17) is 4.74 Å². The number of carboxylic acid groups (broad SMARTS) is 1. The summed E-state index contributed by atoms with van der Waals surface area (Å²) in [7, 11) is 0. The number of carbonyl (C=O) groups is 2. The minimum absolute atomic E-state index is 0.162. The van der Waals surface area contributed by atoms with Crippen LogP contribution in [0.25, 0.3) is 0 Å². The summed E-state index contributed by atoms with van der Waals surface area (Å²) >= 11 is 1.14. The van der Waals surface area contributed by atoms with Crippen LogP contribution in [0.15, 0.2) is 18.7 Å². The smallest absolute Gasteiger partial charge is 0.348 e. The van der Waals surface area contributed by atoms with E-state index in [1.54, 1.807) is 24.0 Å². The molecule has 0 radical (unpaired) electrons. The molecule has 3 rings (SSSR count). The average molecular weight is 444 g/mol. The number of hydrogen-bond donors (Lipinski definition) is 1. The highest BCUT2D eigenvalue weighted by Gasteiger charge is 2.48. The largest absolute Gasteiger partial charge is 0.477 e. The van der Waals surface area contributed by atoms with Crippen molar-refractivity contribution in [2.24, 2.45) is 11.3 Å². The summed E-state index contributed by atoms with van der Waals surface area (Å²) in [6.45, 7) is 12.0. The number of aromatic carboxylic acids is 1. The van der Waals surface area contributed by atoms with Gasteiger partial charge in [0, 0.05) is 11.8 Å². The molecular formula is C25H33NO4S. The molecule has 1 saturated carbocycles. The van der Waals surface area contributed by atoms with Gasteiger partial charge < -0.3 is 14.7 Å². The Morgan fingerprint density at radius 3 is 2.65 bits per heavy atom. The fourth-order valence-electron chi connectivity index (χ4n) is 4.41. The number of hydrogen-bond acceptors (Lipinski definition) is 4. The number of rotatable bonds is 5. The summed E-state index contributed by atoms with van der Waals surface area (Å²) in [6.07, 6.45) is 7.58. The van der Waals surface area contributed by atoms with Gasteiger partial charge in [-0.2, -0.15) is 0 Å². The number of amides is 1. The van der Waals surface area contributed by atoms with E-state index in [9.17, 15) is 14.7 Å². The molecule has 0 bridgehead atoms. The monoisotopic (exact) mass is 443 g/mol. The minimum atomic E-state index is -1.04. The van der Waals surface area contributed by atoms with Crippen LogP contribution in [-0.4, -0.2) is 35.2 Å². The second kappa shape index (κ2) is 9.18. The van der Waals surface area contributed by atoms with Crippen LogP contribution in [0.2, 0.25) is 0 Å². The van der Waals surface area contributed by atoms with Crippen LogP contribution in [-0.2, 0) is 9.53 Å². The summed E-state index contributed by atoms with van der Waals surface area (Å²) < 4.78 is 6.10. The topological polar surface area (TPSA) is 66.8 Å². The van der Waals surface area contributed by atoms with Crippen molar-refractivity contribution >= 4 is 28.9 Å². The van der Waals surface area contributed by atoms with Crippen molar-refractivity contribution in [3.8, 4) is 11.8 Å². The molecule has 1 amide bonds. The van der Waals surface area contributed by atoms with Crippen LogP contribution in [0.4, 0.5) is 5.69 Å². The molecule has 0 unspecified atom stereocenters. The fourth-order valence-corrected chi connectivity index (χ4v) is 5.25. The van der Waals surface area contributed by atoms with Gasteiger partial charge in [-0.3, -0.25) is 4.79 Å². The number of nitrogens with zero attached hydrogens (tertiary/aromatic N) is 1. The van der Waals surface area contributed by atoms with E-state index in [1.165, 1.54) is 6.42 Å². The molecule has 1 aromatic rings. The minimum Gasteiger partial charge on any atom is -0.477 e. The zero-order chi connectivity index (χ0) is 22.8. The standard InChI is InChI=1S/C25H33NO4S/c1-6-13-25(5)23(29)26(20(16-30-25)17-10-8-7-9-11-17)19-15-18(12-14-24(2,3)4)31-21(19)22(27)28/h6,15,17,20H,1,7-11,13,16H2,2-5H3,(H,27,28)/t20-,25-/m0/s1. The van der Waals surface area contributed by atoms with E-state index in [0.717, 1.165) is 37.0 Å². The first-order valence-electron chi connectivity index (χ1n) is 11.0. The molecule has 2 fully saturated rings. The van der Waals surface area contributed by atoms with Gasteiger partial charge in [-0.25, -0.2) is 4.79 Å². The van der Waals surface area contributed by atoms with E-state index in [1.807, 2.05) is 20.8 Å². The third-order valence-corrected chi connectivity index (χ3v) is 7.06. The highest BCUT2D eigenvalue weighted by Crippen LogP contribution is 2.41. The zero-order valence-electron chi connectivity index (χ0n) is 19.0. The lowest BCUT2D eigenvalue weighted by molar-refractivity contribution is -0.152. The lowest BCUT2D eigenvalue weighted by Gasteiger charge is -2.47. The van der Waals surface area contributed by atoms with Crippen molar-refractivity contribution in [2.75, 3.05) is 11.5 Å². The van der Waals surface area contributed by atoms with Crippen LogP contribution in [0, 0.1) is 23.2 Å². The van der Waals surface area contributed by atoms with Gasteiger partial charge in [0.2, 0.25) is 0 Å². The predicted octanol–water partition coefficient (Wildman–Crippen LogP) is 5.49. The lowest BCUT2D eigenvalue weighted by Crippen LogP contribution is -2.62. The summed E-state index contributed by atoms with van der Waals surface area (Å²) in [5, 5.41) is 9.93. The van der Waals surface area contributed by atoms with E-state index < -0.39 is 11.6 Å². The van der Waals surface area contributed by atoms with Crippen LogP contribution >= 0.6 is 11.3 Å². The maximum absolute atomic E-state index is 13.7. The molecule has 6 heteroatoms. The van der Waals surface area contributed by atoms with E-state index in [2.05, 4.69) is 18.4 Å². The Hall–Kier alpha value is -2.10. The van der Waals surface area contributed by atoms with Crippen molar-refractivity contribution in [3.63, 3.8) is 0 Å². The molecule has 1 N–H and O–H groups in total. The fraction of sp³-hybridized carbons (Fsp3) is 0.600. The Kier molecular flexibility index (Phi) is 6.98. The third kappa shape index (κ3) is 5.22. The van der Waals surface area contributed by atoms with Crippen LogP contribution in [0.5, 0.6) is 0 Å². The maximum Gasteiger partial charge on any atom is 0.348 e. The number of morpholine rings is 1. The van der Waals surface area contributed by atoms with E-state index >= 15 is 0 Å². The van der Waals surface area contributed by atoms with Gasteiger partial charge in [-0.05, 0) is 52.5 Å². The first-order chi connectivity index (χ1) is 14.6. The molecule has 1 aliphatic heterocycles. The summed E-state index contributed by atoms with van der Waals surface area (Å²) in [4.78, 5) is 28.4. The second-order valence-electron chi connectivity index (χ2n) is 9.81. The SMILES string of the molecule is C=CC[C@]1(C)OC[C@@H](C2CCCCC2)N(c2cc(C#CC(C)(C)C)sc2C(=O)O)C1=O. The summed E-state index contributed by atoms with van der Waals surface area (Å²) in [6, 6.07) is 1.61. The first kappa shape index (κ1) is 23.6. The van der Waals surface area contributed by atoms with Gasteiger partial charge in [-0.15, -0.1) is 17.9 Å². The maximum atomic E-state index is 13.7. The normalized spacial score (nSPS) is 25.1. The Morgan fingerprint density at radius 1 is 1.39 bits per heavy atom. The summed E-state index contributed by atoms with van der Waals surface area (Å²) in [5.41, 5.74) is -0.785. The highest BCUT2D eigenvalue weighted by atomic mass is 32.1. The van der Waals surface area contributed by atoms with Crippen molar-refractivity contribution in [1.29, 1.82) is 0 Å². The molecule has 1 aliphatic carbocycles. The van der Waals surface area contributed by atoms with Gasteiger partial charge in [0.05, 0.1) is 23.2 Å². The Labute approximate surface area is 189 Å². The molecule has 168 valence electrons. The molecule has 2 aliphatic rings. The molecule has 1 aromatic heterocycles. The molecule has 0 aromatic carbocycles. The molecule has 0 spiro atoms. The quantitative estimate of drug-likeness (QED) is 0.483. The Bertz CT molecular complexity index is 910. The molecule has 1 saturated heterocycles. The van der Waals surface area contributed by atoms with E-state index in [0.29, 0.717) is 29.5 Å². The number of carbonyl (C=O) groups excluding carboxylic acids is 1. The number of thiophene rings is 1. The van der Waals surface area contributed by atoms with Crippen LogP contribution in [0.3, 0.4) is 0 Å². The number of ether oxygens (including phenoxy) is 1. The van der Waals surface area contributed by atoms with Gasteiger partial charge in [0.25, 0.3) is 5.91 Å². The Morgan fingerprint density at radius 2 is 2.06 bits per heavy atom. The van der Waals surface area contributed by atoms with Crippen molar-refractivity contribution < 1.29 is 19.4 Å². The zero-order valence-corrected chi connectivity index (χ0v) is 19.8. The van der Waals surface area contributed by atoms with Gasteiger partial charge in [0.1, 0.15) is 10.5 Å². The second-order valence-corrected chi connectivity index (χ2v) is 10.9. The highest BCUT2D eigenvalue weighted by molar-refractivity contribution is 7.15. The third-order valence-electron chi connectivity index (χ3n) is 6.03. The van der Waals surface area contributed by atoms with E-state index in [-0.39, 0.29) is 22.2 Å². The average Bonchev–Trinajstić information content (AvgIpc) is 3.13. The van der Waals surface area contributed by atoms with Crippen LogP contribution < -0.4 is 4.90 Å². The molecule has 2 atom stereocenters. The predicted molar refractivity (Wildman–Crippen MR) is 125 cm³/mol. The van der Waals surface area contributed by atoms with Gasteiger partial charge in [-0.1, -0.05) is 37.2 Å². The number of carboxylic acids is 1. The molecule has 2 heterocycles.